The zero-order valence-corrected chi connectivity index (χ0v) is 16.0. The van der Waals surface area contributed by atoms with E-state index < -0.39 is 0 Å². The first-order valence-electron chi connectivity index (χ1n) is 8.36. The molecule has 8 heteroatoms. The van der Waals surface area contributed by atoms with Crippen molar-refractivity contribution in [3.05, 3.63) is 30.1 Å². The molecule has 142 valence electrons. The summed E-state index contributed by atoms with van der Waals surface area (Å²) in [5.74, 6) is 0.493. The van der Waals surface area contributed by atoms with Crippen molar-refractivity contribution in [2.75, 3.05) is 50.7 Å². The molecule has 25 heavy (non-hydrogen) atoms. The number of benzene rings is 1. The molecular formula is C17H27Cl2FN4O. The second-order valence-electron chi connectivity index (χ2n) is 6.44. The van der Waals surface area contributed by atoms with Crippen molar-refractivity contribution < 1.29 is 9.18 Å². The summed E-state index contributed by atoms with van der Waals surface area (Å²) in [4.78, 5) is 16.7. The van der Waals surface area contributed by atoms with Gasteiger partial charge in [-0.15, -0.1) is 24.8 Å². The summed E-state index contributed by atoms with van der Waals surface area (Å²) in [5, 5.41) is 6.27. The van der Waals surface area contributed by atoms with E-state index in [-0.39, 0.29) is 42.6 Å². The first-order valence-corrected chi connectivity index (χ1v) is 8.36. The highest BCUT2D eigenvalue weighted by atomic mass is 35.5. The van der Waals surface area contributed by atoms with Crippen LogP contribution in [0.2, 0.25) is 0 Å². The minimum Gasteiger partial charge on any atom is -0.369 e. The topological polar surface area (TPSA) is 47.6 Å². The maximum absolute atomic E-state index is 13.0. The average molecular weight is 393 g/mol. The van der Waals surface area contributed by atoms with Crippen LogP contribution in [0.25, 0.3) is 0 Å². The summed E-state index contributed by atoms with van der Waals surface area (Å²) in [6.45, 7) is 8.16. The van der Waals surface area contributed by atoms with Crippen LogP contribution in [0.15, 0.2) is 24.3 Å². The molecule has 0 radical (unpaired) electrons. The van der Waals surface area contributed by atoms with E-state index in [1.807, 2.05) is 19.1 Å². The normalized spacial score (nSPS) is 19.2. The first kappa shape index (κ1) is 22.0. The predicted octanol–water partition coefficient (Wildman–Crippen LogP) is 1.52. The van der Waals surface area contributed by atoms with E-state index in [1.54, 1.807) is 0 Å². The van der Waals surface area contributed by atoms with Gasteiger partial charge in [-0.05, 0) is 31.2 Å². The average Bonchev–Trinajstić information content (AvgIpc) is 2.53. The molecule has 0 aliphatic carbocycles. The Labute approximate surface area is 161 Å². The smallest absolute Gasteiger partial charge is 0.237 e. The molecule has 5 nitrogen and oxygen atoms in total. The molecule has 3 rings (SSSR count). The van der Waals surface area contributed by atoms with Crippen LogP contribution in [0.1, 0.15) is 6.92 Å². The SMILES string of the molecule is CC(C(=O)NCC1CNC1)N1CCN(c2ccc(F)cc2)CC1.Cl.Cl. The first-order chi connectivity index (χ1) is 11.1. The van der Waals surface area contributed by atoms with Crippen LogP contribution in [0.3, 0.4) is 0 Å². The fourth-order valence-electron chi connectivity index (χ4n) is 3.07. The van der Waals surface area contributed by atoms with E-state index in [1.165, 1.54) is 12.1 Å². The Morgan fingerprint density at radius 3 is 2.32 bits per heavy atom. The van der Waals surface area contributed by atoms with Gasteiger partial charge in [-0.3, -0.25) is 9.69 Å². The summed E-state index contributed by atoms with van der Waals surface area (Å²) >= 11 is 0. The Hall–Kier alpha value is -1.08. The van der Waals surface area contributed by atoms with Crippen LogP contribution >= 0.6 is 24.8 Å². The van der Waals surface area contributed by atoms with Crippen LogP contribution in [-0.4, -0.2) is 62.7 Å². The van der Waals surface area contributed by atoms with E-state index in [0.29, 0.717) is 5.92 Å². The lowest BCUT2D eigenvalue weighted by molar-refractivity contribution is -0.126. The molecule has 1 unspecified atom stereocenters. The number of carbonyl (C=O) groups is 1. The highest BCUT2D eigenvalue weighted by molar-refractivity contribution is 5.85. The molecule has 2 saturated heterocycles. The van der Waals surface area contributed by atoms with Gasteiger partial charge in [0.1, 0.15) is 5.82 Å². The van der Waals surface area contributed by atoms with Crippen molar-refractivity contribution in [1.82, 2.24) is 15.5 Å². The Kier molecular flexibility index (Phi) is 8.93. The number of halogens is 3. The summed E-state index contributed by atoms with van der Waals surface area (Å²) < 4.78 is 13.0. The molecule has 0 bridgehead atoms. The van der Waals surface area contributed by atoms with Crippen molar-refractivity contribution in [1.29, 1.82) is 0 Å². The maximum atomic E-state index is 13.0. The van der Waals surface area contributed by atoms with Gasteiger partial charge in [-0.1, -0.05) is 0 Å². The third-order valence-corrected chi connectivity index (χ3v) is 4.86. The number of anilines is 1. The predicted molar refractivity (Wildman–Crippen MR) is 104 cm³/mol. The molecule has 0 saturated carbocycles. The van der Waals surface area contributed by atoms with Crippen molar-refractivity contribution in [2.24, 2.45) is 5.92 Å². The van der Waals surface area contributed by atoms with E-state index in [9.17, 15) is 9.18 Å². The van der Waals surface area contributed by atoms with Crippen LogP contribution in [0.5, 0.6) is 0 Å². The van der Waals surface area contributed by atoms with Crippen LogP contribution < -0.4 is 15.5 Å². The van der Waals surface area contributed by atoms with Crippen molar-refractivity contribution in [3.63, 3.8) is 0 Å². The number of hydrogen-bond acceptors (Lipinski definition) is 4. The Bertz CT molecular complexity index is 534. The summed E-state index contributed by atoms with van der Waals surface area (Å²) in [6.07, 6.45) is 0. The van der Waals surface area contributed by atoms with Gasteiger partial charge in [-0.25, -0.2) is 4.39 Å². The van der Waals surface area contributed by atoms with Gasteiger partial charge >= 0.3 is 0 Å². The maximum Gasteiger partial charge on any atom is 0.237 e. The third kappa shape index (κ3) is 5.71. The van der Waals surface area contributed by atoms with Gasteiger partial charge in [0, 0.05) is 57.4 Å². The van der Waals surface area contributed by atoms with Crippen molar-refractivity contribution >= 4 is 36.4 Å². The van der Waals surface area contributed by atoms with Crippen molar-refractivity contribution in [3.8, 4) is 0 Å². The zero-order valence-electron chi connectivity index (χ0n) is 14.4. The summed E-state index contributed by atoms with van der Waals surface area (Å²) in [5.41, 5.74) is 1.04. The van der Waals surface area contributed by atoms with E-state index >= 15 is 0 Å². The summed E-state index contributed by atoms with van der Waals surface area (Å²) in [7, 11) is 0. The number of nitrogens with one attached hydrogen (secondary N) is 2. The molecule has 0 aromatic heterocycles. The van der Waals surface area contributed by atoms with Gasteiger partial charge < -0.3 is 15.5 Å². The molecule has 0 spiro atoms. The molecule has 1 aromatic rings. The van der Waals surface area contributed by atoms with Gasteiger partial charge in [0.05, 0.1) is 6.04 Å². The minimum absolute atomic E-state index is 0. The van der Waals surface area contributed by atoms with Gasteiger partial charge in [0.25, 0.3) is 0 Å². The fourth-order valence-corrected chi connectivity index (χ4v) is 3.07. The molecular weight excluding hydrogens is 366 g/mol. The standard InChI is InChI=1S/C17H25FN4O.2ClH/c1-13(17(23)20-12-14-10-19-11-14)21-6-8-22(9-7-21)16-4-2-15(18)3-5-16;;/h2-5,13-14,19H,6-12H2,1H3,(H,20,23);2*1H. The molecule has 2 N–H and O–H groups in total. The number of amides is 1. The Morgan fingerprint density at radius 2 is 1.80 bits per heavy atom. The molecule has 2 fully saturated rings. The van der Waals surface area contributed by atoms with Crippen molar-refractivity contribution in [2.45, 2.75) is 13.0 Å². The minimum atomic E-state index is -0.209. The number of nitrogens with zero attached hydrogens (tertiary/aromatic N) is 2. The van der Waals surface area contributed by atoms with Crippen LogP contribution in [0, 0.1) is 11.7 Å². The lowest BCUT2D eigenvalue weighted by Crippen LogP contribution is -2.55. The lowest BCUT2D eigenvalue weighted by atomic mass is 10.0. The van der Waals surface area contributed by atoms with Gasteiger partial charge in [0.15, 0.2) is 0 Å². The van der Waals surface area contributed by atoms with E-state index in [2.05, 4.69) is 20.4 Å². The number of rotatable bonds is 5. The highest BCUT2D eigenvalue weighted by Crippen LogP contribution is 2.17. The van der Waals surface area contributed by atoms with Crippen LogP contribution in [0.4, 0.5) is 10.1 Å². The zero-order chi connectivity index (χ0) is 16.2. The lowest BCUT2D eigenvalue weighted by Gasteiger charge is -2.38. The van der Waals surface area contributed by atoms with E-state index in [4.69, 9.17) is 0 Å². The Morgan fingerprint density at radius 1 is 1.20 bits per heavy atom. The van der Waals surface area contributed by atoms with Gasteiger partial charge in [0.2, 0.25) is 5.91 Å². The second kappa shape index (κ2) is 10.2. The van der Waals surface area contributed by atoms with Crippen LogP contribution in [-0.2, 0) is 4.79 Å². The quantitative estimate of drug-likeness (QED) is 0.797. The Balaban J connectivity index is 0.00000156. The molecule has 2 aliphatic heterocycles. The molecule has 1 atom stereocenters. The van der Waals surface area contributed by atoms with E-state index in [0.717, 1.165) is 51.5 Å². The summed E-state index contributed by atoms with van der Waals surface area (Å²) in [6, 6.07) is 6.51. The fraction of sp³-hybridized carbons (Fsp3) is 0.588. The van der Waals surface area contributed by atoms with Gasteiger partial charge in [-0.2, -0.15) is 0 Å². The second-order valence-corrected chi connectivity index (χ2v) is 6.44. The molecule has 2 heterocycles. The highest BCUT2D eigenvalue weighted by Gasteiger charge is 2.26. The number of piperazine rings is 1. The largest absolute Gasteiger partial charge is 0.369 e. The molecule has 2 aliphatic rings. The third-order valence-electron chi connectivity index (χ3n) is 4.86. The number of hydrogen-bond donors (Lipinski definition) is 2. The monoisotopic (exact) mass is 392 g/mol. The molecule has 1 amide bonds. The number of carbonyl (C=O) groups excluding carboxylic acids is 1. The molecule has 1 aromatic carbocycles.